The molecule has 1 heterocycles. The summed E-state index contributed by atoms with van der Waals surface area (Å²) in [5, 5.41) is -0.0429. The van der Waals surface area contributed by atoms with Crippen molar-refractivity contribution in [2.45, 2.75) is 135 Å². The molecule has 0 radical (unpaired) electrons. The molecule has 0 aliphatic carbocycles. The van der Waals surface area contributed by atoms with Crippen molar-refractivity contribution in [2.24, 2.45) is 0 Å². The van der Waals surface area contributed by atoms with Gasteiger partial charge in [0.05, 0.1) is 45.2 Å². The normalized spacial score (nSPS) is 18.2. The minimum Gasteiger partial charge on any atom is -0.497 e. The fourth-order valence-corrected chi connectivity index (χ4v) is 8.79. The first-order chi connectivity index (χ1) is 30.1. The highest BCUT2D eigenvalue weighted by Crippen LogP contribution is 2.39. The van der Waals surface area contributed by atoms with E-state index >= 15 is 0 Å². The minimum atomic E-state index is -2.24. The van der Waals surface area contributed by atoms with Crippen LogP contribution in [0.5, 0.6) is 17.2 Å². The molecule has 5 atom stereocenters. The average Bonchev–Trinajstić information content (AvgIpc) is 3.54. The third kappa shape index (κ3) is 15.7. The van der Waals surface area contributed by atoms with E-state index in [1.165, 1.54) is 7.11 Å². The summed E-state index contributed by atoms with van der Waals surface area (Å²) >= 11 is 0. The van der Waals surface area contributed by atoms with Gasteiger partial charge in [-0.05, 0) is 98.9 Å². The van der Waals surface area contributed by atoms with E-state index in [-0.39, 0.29) is 29.2 Å². The van der Waals surface area contributed by atoms with Crippen molar-refractivity contribution in [3.63, 3.8) is 0 Å². The van der Waals surface area contributed by atoms with Crippen LogP contribution in [0.2, 0.25) is 43.8 Å². The lowest BCUT2D eigenvalue weighted by molar-refractivity contribution is -0.152. The van der Waals surface area contributed by atoms with Crippen LogP contribution in [0.3, 0.4) is 0 Å². The maximum atomic E-state index is 13.8. The van der Waals surface area contributed by atoms with E-state index in [2.05, 4.69) is 53.5 Å². The van der Waals surface area contributed by atoms with E-state index < -0.39 is 58.5 Å². The molecule has 64 heavy (non-hydrogen) atoms. The Bertz CT molecular complexity index is 2000. The van der Waals surface area contributed by atoms with Crippen LogP contribution in [0.4, 0.5) is 0 Å². The summed E-state index contributed by atoms with van der Waals surface area (Å²) in [6.45, 7) is 23.9. The highest BCUT2D eigenvalue weighted by Gasteiger charge is 2.46. The monoisotopic (exact) mass is 920 g/mol. The smallest absolute Gasteiger partial charge is 0.342 e. The average molecular weight is 921 g/mol. The Balaban J connectivity index is 1.72. The summed E-state index contributed by atoms with van der Waals surface area (Å²) in [4.78, 5) is 27.5. The molecule has 0 bridgehead atoms. The molecule has 0 aromatic heterocycles. The predicted molar refractivity (Wildman–Crippen MR) is 256 cm³/mol. The molecule has 14 heteroatoms. The van der Waals surface area contributed by atoms with E-state index in [0.717, 1.165) is 17.4 Å². The molecule has 1 aliphatic rings. The molecule has 1 aliphatic heterocycles. The van der Waals surface area contributed by atoms with Gasteiger partial charge in [0.1, 0.15) is 41.1 Å². The second-order valence-corrected chi connectivity index (χ2v) is 29.6. The second kappa shape index (κ2) is 23.3. The van der Waals surface area contributed by atoms with Gasteiger partial charge in [-0.25, -0.2) is 9.59 Å². The third-order valence-corrected chi connectivity index (χ3v) is 17.5. The summed E-state index contributed by atoms with van der Waals surface area (Å²) in [6, 6.07) is 20.8. The highest BCUT2D eigenvalue weighted by atomic mass is 28.4. The number of methoxy groups -OCH3 is 3. The maximum absolute atomic E-state index is 13.8. The molecule has 1 fully saturated rings. The Kier molecular flexibility index (Phi) is 19.0. The molecule has 0 N–H and O–H groups in total. The molecule has 1 unspecified atom stereocenters. The number of rotatable bonds is 23. The van der Waals surface area contributed by atoms with Crippen molar-refractivity contribution >= 4 is 34.4 Å². The number of esters is 2. The van der Waals surface area contributed by atoms with E-state index in [4.69, 9.17) is 47.1 Å². The summed E-state index contributed by atoms with van der Waals surface area (Å²) in [7, 11) is 0.974. The Morgan fingerprint density at radius 3 is 2.14 bits per heavy atom. The molecular formula is C50H72O12Si2. The van der Waals surface area contributed by atoms with Gasteiger partial charge >= 0.3 is 11.9 Å². The van der Waals surface area contributed by atoms with Crippen molar-refractivity contribution in [1.29, 1.82) is 0 Å². The summed E-state index contributed by atoms with van der Waals surface area (Å²) in [5.74, 6) is -0.552. The van der Waals surface area contributed by atoms with Gasteiger partial charge in [0.15, 0.2) is 20.9 Å². The zero-order valence-electron chi connectivity index (χ0n) is 40.5. The second-order valence-electron chi connectivity index (χ2n) is 19.2. The van der Waals surface area contributed by atoms with E-state index in [1.807, 2.05) is 75.4 Å². The number of carbonyl (C=O) groups excluding carboxylic acids is 2. The molecule has 4 rings (SSSR count). The van der Waals surface area contributed by atoms with Crippen LogP contribution in [0, 0.1) is 0 Å². The van der Waals surface area contributed by atoms with Gasteiger partial charge in [-0.2, -0.15) is 0 Å². The molecule has 3 aromatic carbocycles. The SMILES string of the molecule is COCOc1cc(OC)cc(/C=C/C[C@@H]2OC(C)(C)O[C@@H]2C(/C=C\[C@@H](OCc2ccc(OC)cc2)[C@H](C)O[Si](C)(C)C(C)(C)C)OC(=O)c2ccccc2)c1C(=O)OCC[Si](C)(C)C. The fraction of sp³-hybridized carbons (Fsp3) is 0.520. The van der Waals surface area contributed by atoms with Crippen molar-refractivity contribution < 1.29 is 56.6 Å². The molecule has 1 saturated heterocycles. The zero-order chi connectivity index (χ0) is 47.3. The van der Waals surface area contributed by atoms with Crippen LogP contribution >= 0.6 is 0 Å². The Morgan fingerprint density at radius 1 is 0.859 bits per heavy atom. The maximum Gasteiger partial charge on any atom is 0.342 e. The first kappa shape index (κ1) is 52.3. The van der Waals surface area contributed by atoms with Crippen LogP contribution in [-0.2, 0) is 39.5 Å². The van der Waals surface area contributed by atoms with Gasteiger partial charge < -0.3 is 47.1 Å². The number of hydrogen-bond acceptors (Lipinski definition) is 12. The van der Waals surface area contributed by atoms with Gasteiger partial charge in [0, 0.05) is 21.3 Å². The molecule has 0 amide bonds. The summed E-state index contributed by atoms with van der Waals surface area (Å²) in [5.41, 5.74) is 2.13. The Morgan fingerprint density at radius 2 is 1.53 bits per heavy atom. The molecule has 3 aromatic rings. The minimum absolute atomic E-state index is 0.0429. The van der Waals surface area contributed by atoms with Crippen molar-refractivity contribution in [3.8, 4) is 17.2 Å². The van der Waals surface area contributed by atoms with Gasteiger partial charge in [-0.15, -0.1) is 0 Å². The van der Waals surface area contributed by atoms with Crippen LogP contribution in [0.15, 0.2) is 85.0 Å². The molecular weight excluding hydrogens is 849 g/mol. The summed E-state index contributed by atoms with van der Waals surface area (Å²) < 4.78 is 60.7. The number of hydrogen-bond donors (Lipinski definition) is 0. The highest BCUT2D eigenvalue weighted by molar-refractivity contribution is 6.76. The Labute approximate surface area is 383 Å². The largest absolute Gasteiger partial charge is 0.497 e. The molecule has 12 nitrogen and oxygen atoms in total. The van der Waals surface area contributed by atoms with Crippen molar-refractivity contribution in [3.05, 3.63) is 107 Å². The van der Waals surface area contributed by atoms with Gasteiger partial charge in [-0.1, -0.05) is 89.0 Å². The number of carbonyl (C=O) groups is 2. The lowest BCUT2D eigenvalue weighted by Gasteiger charge is -2.40. The van der Waals surface area contributed by atoms with E-state index in [9.17, 15) is 9.59 Å². The zero-order valence-corrected chi connectivity index (χ0v) is 42.5. The van der Waals surface area contributed by atoms with Crippen LogP contribution in [0.1, 0.15) is 79.8 Å². The van der Waals surface area contributed by atoms with Gasteiger partial charge in [0.2, 0.25) is 0 Å². The topological polar surface area (TPSA) is 126 Å². The number of benzene rings is 3. The lowest BCUT2D eigenvalue weighted by atomic mass is 10.0. The predicted octanol–water partition coefficient (Wildman–Crippen LogP) is 10.9. The fourth-order valence-electron chi connectivity index (χ4n) is 6.66. The van der Waals surface area contributed by atoms with Crippen LogP contribution in [-0.4, -0.2) is 99.4 Å². The van der Waals surface area contributed by atoms with Gasteiger partial charge in [-0.3, -0.25) is 0 Å². The summed E-state index contributed by atoms with van der Waals surface area (Å²) in [6.07, 6.45) is 4.62. The molecule has 352 valence electrons. The Hall–Kier alpha value is -4.29. The quantitative estimate of drug-likeness (QED) is 0.0389. The van der Waals surface area contributed by atoms with E-state index in [0.29, 0.717) is 36.5 Å². The molecule has 0 spiro atoms. The third-order valence-electron chi connectivity index (χ3n) is 11.3. The first-order valence-electron chi connectivity index (χ1n) is 22.0. The van der Waals surface area contributed by atoms with Crippen LogP contribution in [0.25, 0.3) is 6.08 Å². The molecule has 0 saturated carbocycles. The van der Waals surface area contributed by atoms with Crippen molar-refractivity contribution in [1.82, 2.24) is 0 Å². The first-order valence-corrected chi connectivity index (χ1v) is 28.6. The lowest BCUT2D eigenvalue weighted by Crippen LogP contribution is -2.46. The van der Waals surface area contributed by atoms with Gasteiger partial charge in [0.25, 0.3) is 0 Å². The standard InChI is InChI=1S/C50H72O12Si2/c1-35(62-64(13,14)49(2,3)4)41(57-33-36-23-25-39(54-8)26-24-36)27-28-42(59-47(51)37-19-16-15-17-20-37)46-43(60-50(5,6)61-46)22-18-21-38-31-40(55-9)32-44(58-34-53-7)45(38)48(52)56-29-30-63(10,11)12/h15-21,23-28,31-32,35,41-43,46H,22,29-30,33-34H2,1-14H3/b21-18+,28-27-/t35-,41+,42?,43-,46+/m0/s1. The number of ether oxygens (including phenoxy) is 9. The van der Waals surface area contributed by atoms with Crippen LogP contribution < -0.4 is 14.2 Å². The van der Waals surface area contributed by atoms with Crippen molar-refractivity contribution in [2.75, 3.05) is 34.7 Å². The van der Waals surface area contributed by atoms with E-state index in [1.54, 1.807) is 50.6 Å².